The molecule has 0 radical (unpaired) electrons. The van der Waals surface area contributed by atoms with Crippen LogP contribution in [0.4, 0.5) is 21.7 Å². The molecule has 1 saturated carbocycles. The summed E-state index contributed by atoms with van der Waals surface area (Å²) in [6.07, 6.45) is 11.6. The van der Waals surface area contributed by atoms with Gasteiger partial charge in [-0.15, -0.1) is 11.3 Å². The number of aromatic nitrogens is 3. The van der Waals surface area contributed by atoms with Gasteiger partial charge in [0, 0.05) is 73.2 Å². The normalized spacial score (nSPS) is 20.2. The Balaban J connectivity index is 0.755. The largest absolute Gasteiger partial charge is 0.371 e. The molecular weight excluding hydrogens is 786 g/mol. The molecule has 3 saturated heterocycles. The monoisotopic (exact) mass is 837 g/mol. The number of rotatable bonds is 11. The molecular formula is C44H52FN9O3S2. The first-order chi connectivity index (χ1) is 28.7. The Morgan fingerprint density at radius 3 is 2.47 bits per heavy atom. The zero-order valence-electron chi connectivity index (χ0n) is 33.6. The summed E-state index contributed by atoms with van der Waals surface area (Å²) in [6.45, 7) is 7.70. The first-order valence-electron chi connectivity index (χ1n) is 21.2. The number of hydrogen-bond donors (Lipinski definition) is 3. The van der Waals surface area contributed by atoms with Crippen molar-refractivity contribution in [3.05, 3.63) is 70.6 Å². The third-order valence-electron chi connectivity index (χ3n) is 13.3. The number of thiazole rings is 1. The first kappa shape index (κ1) is 39.8. The fourth-order valence-electron chi connectivity index (χ4n) is 9.87. The van der Waals surface area contributed by atoms with Gasteiger partial charge in [-0.2, -0.15) is 0 Å². The number of piperidine rings is 2. The van der Waals surface area contributed by atoms with E-state index in [1.807, 2.05) is 24.3 Å². The van der Waals surface area contributed by atoms with E-state index in [1.165, 1.54) is 11.9 Å². The molecule has 1 aliphatic carbocycles. The van der Waals surface area contributed by atoms with Crippen molar-refractivity contribution in [2.24, 2.45) is 11.3 Å². The maximum Gasteiger partial charge on any atom is 0.259 e. The lowest BCUT2D eigenvalue weighted by molar-refractivity contribution is -0.147. The topological polar surface area (TPSA) is 150 Å². The second-order valence-electron chi connectivity index (χ2n) is 17.1. The third kappa shape index (κ3) is 8.17. The molecule has 310 valence electrons. The van der Waals surface area contributed by atoms with Crippen LogP contribution in [-0.2, 0) is 4.79 Å². The lowest BCUT2D eigenvalue weighted by atomic mass is 9.66. The Hall–Kier alpha value is -4.60. The number of carbonyl (C=O) groups excluding carboxylic acids is 3. The van der Waals surface area contributed by atoms with Gasteiger partial charge in [0.1, 0.15) is 0 Å². The van der Waals surface area contributed by atoms with E-state index in [9.17, 15) is 14.4 Å². The zero-order valence-corrected chi connectivity index (χ0v) is 35.2. The molecule has 1 spiro atoms. The van der Waals surface area contributed by atoms with Crippen LogP contribution < -0.4 is 20.7 Å². The molecule has 3 amide bonds. The van der Waals surface area contributed by atoms with E-state index in [0.29, 0.717) is 58.1 Å². The van der Waals surface area contributed by atoms with Gasteiger partial charge in [-0.1, -0.05) is 24.9 Å². The highest BCUT2D eigenvalue weighted by molar-refractivity contribution is 8.00. The van der Waals surface area contributed by atoms with Crippen molar-refractivity contribution in [2.45, 2.75) is 83.1 Å². The maximum absolute atomic E-state index is 16.0. The molecule has 4 fully saturated rings. The lowest BCUT2D eigenvalue weighted by Gasteiger charge is -2.53. The minimum absolute atomic E-state index is 0.171. The van der Waals surface area contributed by atoms with E-state index in [0.717, 1.165) is 118 Å². The Bertz CT molecular complexity index is 2220. The number of benzene rings is 2. The van der Waals surface area contributed by atoms with Crippen LogP contribution >= 0.6 is 23.3 Å². The number of nitrogens with two attached hydrogens (primary N) is 1. The van der Waals surface area contributed by atoms with E-state index < -0.39 is 0 Å². The predicted octanol–water partition coefficient (Wildman–Crippen LogP) is 7.60. The van der Waals surface area contributed by atoms with Crippen molar-refractivity contribution in [1.82, 2.24) is 30.1 Å². The van der Waals surface area contributed by atoms with Crippen LogP contribution in [0.15, 0.2) is 48.7 Å². The molecule has 4 aromatic rings. The molecule has 4 aliphatic heterocycles. The van der Waals surface area contributed by atoms with Crippen molar-refractivity contribution >= 4 is 58.3 Å². The fraction of sp³-hybridized carbons (Fsp3) is 0.500. The fourth-order valence-corrected chi connectivity index (χ4v) is 11.7. The van der Waals surface area contributed by atoms with Gasteiger partial charge in [0.05, 0.1) is 38.1 Å². The minimum Gasteiger partial charge on any atom is -0.371 e. The van der Waals surface area contributed by atoms with E-state index in [-0.39, 0.29) is 34.9 Å². The second kappa shape index (κ2) is 16.8. The summed E-state index contributed by atoms with van der Waals surface area (Å²) in [6, 6.07) is 13.3. The third-order valence-corrected chi connectivity index (χ3v) is 15.5. The van der Waals surface area contributed by atoms with Crippen molar-refractivity contribution < 1.29 is 18.8 Å². The predicted molar refractivity (Wildman–Crippen MR) is 232 cm³/mol. The van der Waals surface area contributed by atoms with Gasteiger partial charge in [-0.05, 0) is 113 Å². The van der Waals surface area contributed by atoms with Gasteiger partial charge >= 0.3 is 0 Å². The Labute approximate surface area is 353 Å². The van der Waals surface area contributed by atoms with Crippen LogP contribution in [0, 0.1) is 17.2 Å². The van der Waals surface area contributed by atoms with Crippen LogP contribution in [-0.4, -0.2) is 93.5 Å². The van der Waals surface area contributed by atoms with Crippen LogP contribution in [0.2, 0.25) is 0 Å². The number of halogens is 1. The van der Waals surface area contributed by atoms with Crippen LogP contribution in [0.3, 0.4) is 0 Å². The smallest absolute Gasteiger partial charge is 0.259 e. The maximum atomic E-state index is 16.0. The average Bonchev–Trinajstić information content (AvgIpc) is 3.81. The van der Waals surface area contributed by atoms with Gasteiger partial charge in [0.15, 0.2) is 5.82 Å². The number of carbonyl (C=O) groups is 3. The van der Waals surface area contributed by atoms with Gasteiger partial charge in [-0.25, -0.2) is 19.3 Å². The van der Waals surface area contributed by atoms with Crippen molar-refractivity contribution in [3.63, 3.8) is 0 Å². The molecule has 2 aromatic heterocycles. The van der Waals surface area contributed by atoms with Crippen molar-refractivity contribution in [2.75, 3.05) is 60.4 Å². The van der Waals surface area contributed by atoms with Gasteiger partial charge in [-0.3, -0.25) is 19.7 Å². The number of nitrogen functional groups attached to an aromatic ring is 1. The van der Waals surface area contributed by atoms with E-state index in [2.05, 4.69) is 41.6 Å². The molecule has 5 aliphatic rings. The Morgan fingerprint density at radius 1 is 0.966 bits per heavy atom. The highest BCUT2D eigenvalue weighted by Gasteiger charge is 2.47. The number of nitrogens with zero attached hydrogens (tertiary/aromatic N) is 6. The van der Waals surface area contributed by atoms with Crippen molar-refractivity contribution in [3.8, 4) is 21.8 Å². The van der Waals surface area contributed by atoms with Gasteiger partial charge < -0.3 is 25.2 Å². The average molecular weight is 838 g/mol. The summed E-state index contributed by atoms with van der Waals surface area (Å²) in [5.74, 6) is 1.10. The van der Waals surface area contributed by atoms with Crippen LogP contribution in [0.5, 0.6) is 0 Å². The molecule has 0 unspecified atom stereocenters. The number of amides is 3. The molecule has 0 atom stereocenters. The van der Waals surface area contributed by atoms with E-state index in [4.69, 9.17) is 10.7 Å². The highest BCUT2D eigenvalue weighted by atomic mass is 32.2. The zero-order chi connectivity index (χ0) is 40.7. The molecule has 6 heterocycles. The molecule has 9 rings (SSSR count). The SMILES string of the molecule is CCCSNc1cccc(-c2nc(C3CCC4(CC3)CN(C(=O)CC3CCN(C5CCN(c6ccc7c(c6)C(=O)NC7=O)CC5)CC3)C4)sc2-c2ccnc(N)n2)c1F. The first-order valence-corrected chi connectivity index (χ1v) is 23.0. The Kier molecular flexibility index (Phi) is 11.3. The number of nitrogens with one attached hydrogen (secondary N) is 2. The molecule has 4 N–H and O–H groups in total. The number of imide groups is 1. The number of likely N-dealkylation sites (tertiary alicyclic amines) is 2. The van der Waals surface area contributed by atoms with E-state index >= 15 is 4.39 Å². The molecule has 12 nitrogen and oxygen atoms in total. The lowest BCUT2D eigenvalue weighted by Crippen LogP contribution is -2.59. The summed E-state index contributed by atoms with van der Waals surface area (Å²) >= 11 is 3.07. The second-order valence-corrected chi connectivity index (χ2v) is 19.0. The summed E-state index contributed by atoms with van der Waals surface area (Å²) in [4.78, 5) is 59.2. The van der Waals surface area contributed by atoms with E-state index in [1.54, 1.807) is 35.7 Å². The number of anilines is 3. The van der Waals surface area contributed by atoms with Crippen LogP contribution in [0.1, 0.15) is 103 Å². The highest BCUT2D eigenvalue weighted by Crippen LogP contribution is 2.51. The standard InChI is InChI=1S/C44H52FN9O3S2/c1-2-22-58-51-34-5-3-4-32(37(34)45)38-39(35-10-17-47-43(46)48-35)59-42(49-38)28-8-15-44(16-9-28)25-54(26-44)36(55)23-27-11-18-52(19-12-27)29-13-20-53(21-14-29)30-6-7-31-33(24-30)41(57)50-40(31)56/h3-7,10,17,24,27-29,51H,2,8-9,11-16,18-23,25-26H2,1H3,(H2,46,47,48)(H,50,56,57). The van der Waals surface area contributed by atoms with Gasteiger partial charge in [0.2, 0.25) is 11.9 Å². The summed E-state index contributed by atoms with van der Waals surface area (Å²) in [5, 5.41) is 3.38. The number of hydrogen-bond acceptors (Lipinski definition) is 12. The Morgan fingerprint density at radius 2 is 1.73 bits per heavy atom. The summed E-state index contributed by atoms with van der Waals surface area (Å²) in [7, 11) is 0. The molecule has 59 heavy (non-hydrogen) atoms. The molecule has 0 bridgehead atoms. The quantitative estimate of drug-likeness (QED) is 0.0779. The molecule has 15 heteroatoms. The molecule has 2 aromatic carbocycles. The van der Waals surface area contributed by atoms with Gasteiger partial charge in [0.25, 0.3) is 11.8 Å². The number of fused-ring (bicyclic) bond motifs is 1. The summed E-state index contributed by atoms with van der Waals surface area (Å²) < 4.78 is 19.2. The summed E-state index contributed by atoms with van der Waals surface area (Å²) in [5.41, 5.74) is 10.2. The van der Waals surface area contributed by atoms with Crippen molar-refractivity contribution in [1.29, 1.82) is 0 Å². The minimum atomic E-state index is -0.327. The van der Waals surface area contributed by atoms with Crippen LogP contribution in [0.25, 0.3) is 21.8 Å².